The van der Waals surface area contributed by atoms with Gasteiger partial charge in [0.1, 0.15) is 5.82 Å². The Bertz CT molecular complexity index is 379. The van der Waals surface area contributed by atoms with Gasteiger partial charge < -0.3 is 4.74 Å². The van der Waals surface area contributed by atoms with Gasteiger partial charge in [-0.3, -0.25) is 4.90 Å². The van der Waals surface area contributed by atoms with Crippen LogP contribution in [0.3, 0.4) is 0 Å². The van der Waals surface area contributed by atoms with Gasteiger partial charge in [-0.1, -0.05) is 15.9 Å². The van der Waals surface area contributed by atoms with Crippen LogP contribution in [0.5, 0.6) is 0 Å². The molecule has 1 heterocycles. The van der Waals surface area contributed by atoms with Crippen molar-refractivity contribution in [2.75, 3.05) is 13.7 Å². The summed E-state index contributed by atoms with van der Waals surface area (Å²) in [5, 5.41) is 0. The van der Waals surface area contributed by atoms with E-state index < -0.39 is 0 Å². The molecule has 0 bridgehead atoms. The fourth-order valence-corrected chi connectivity index (χ4v) is 2.92. The number of benzene rings is 1. The molecule has 0 amide bonds. The predicted molar refractivity (Wildman–Crippen MR) is 69.4 cm³/mol. The van der Waals surface area contributed by atoms with Gasteiger partial charge in [-0.25, -0.2) is 4.39 Å². The molecule has 1 saturated heterocycles. The Morgan fingerprint density at radius 1 is 1.47 bits per heavy atom. The Kier molecular flexibility index (Phi) is 4.17. The highest BCUT2D eigenvalue weighted by Crippen LogP contribution is 2.21. The average molecular weight is 302 g/mol. The van der Waals surface area contributed by atoms with E-state index in [1.54, 1.807) is 6.07 Å². The van der Waals surface area contributed by atoms with Gasteiger partial charge in [-0.05, 0) is 44.2 Å². The molecule has 1 aromatic rings. The van der Waals surface area contributed by atoms with Crippen LogP contribution in [0.4, 0.5) is 4.39 Å². The third-order valence-corrected chi connectivity index (χ3v) is 3.71. The van der Waals surface area contributed by atoms with E-state index in [4.69, 9.17) is 4.74 Å². The molecule has 1 aliphatic rings. The van der Waals surface area contributed by atoms with Crippen molar-refractivity contribution in [2.24, 2.45) is 0 Å². The Balaban J connectivity index is 2.04. The summed E-state index contributed by atoms with van der Waals surface area (Å²) in [6.07, 6.45) is 1.31. The number of halogens is 2. The summed E-state index contributed by atoms with van der Waals surface area (Å²) in [5.74, 6) is -0.196. The normalized spacial score (nSPS) is 24.5. The van der Waals surface area contributed by atoms with Crippen molar-refractivity contribution in [3.8, 4) is 0 Å². The highest BCUT2D eigenvalue weighted by atomic mass is 79.9. The van der Waals surface area contributed by atoms with Crippen LogP contribution in [0.2, 0.25) is 0 Å². The Hall–Kier alpha value is -0.450. The second-order valence-electron chi connectivity index (χ2n) is 4.62. The molecule has 1 aliphatic heterocycles. The van der Waals surface area contributed by atoms with E-state index in [-0.39, 0.29) is 11.9 Å². The van der Waals surface area contributed by atoms with Crippen molar-refractivity contribution in [3.05, 3.63) is 34.1 Å². The quantitative estimate of drug-likeness (QED) is 0.850. The van der Waals surface area contributed by atoms with Crippen LogP contribution in [0.15, 0.2) is 22.7 Å². The first kappa shape index (κ1) is 13.0. The van der Waals surface area contributed by atoms with Gasteiger partial charge in [0.05, 0.1) is 6.10 Å². The maximum Gasteiger partial charge on any atom is 0.124 e. The molecule has 0 aromatic heterocycles. The summed E-state index contributed by atoms with van der Waals surface area (Å²) in [7, 11) is 2.06. The third kappa shape index (κ3) is 3.27. The van der Waals surface area contributed by atoms with Gasteiger partial charge in [0.25, 0.3) is 0 Å². The summed E-state index contributed by atoms with van der Waals surface area (Å²) in [6.45, 7) is 3.66. The fraction of sp³-hybridized carbons (Fsp3) is 0.538. The predicted octanol–water partition coefficient (Wildman–Crippen LogP) is 3.20. The van der Waals surface area contributed by atoms with E-state index in [1.165, 1.54) is 6.07 Å². The van der Waals surface area contributed by atoms with Crippen LogP contribution in [0, 0.1) is 5.82 Å². The van der Waals surface area contributed by atoms with Crippen molar-refractivity contribution in [2.45, 2.75) is 32.0 Å². The number of rotatable bonds is 3. The Morgan fingerprint density at radius 2 is 2.24 bits per heavy atom. The molecule has 1 aromatic carbocycles. The molecule has 4 heteroatoms. The Labute approximate surface area is 110 Å². The maximum absolute atomic E-state index is 13.3. The lowest BCUT2D eigenvalue weighted by Gasteiger charge is -2.26. The summed E-state index contributed by atoms with van der Waals surface area (Å²) >= 11 is 3.32. The van der Waals surface area contributed by atoms with Gasteiger partial charge >= 0.3 is 0 Å². The summed E-state index contributed by atoms with van der Waals surface area (Å²) in [4.78, 5) is 2.24. The molecule has 0 N–H and O–H groups in total. The van der Waals surface area contributed by atoms with E-state index in [0.717, 1.165) is 29.6 Å². The zero-order valence-corrected chi connectivity index (χ0v) is 11.7. The molecule has 2 nitrogen and oxygen atoms in total. The molecular formula is C13H17BrFNO. The summed E-state index contributed by atoms with van der Waals surface area (Å²) < 4.78 is 19.6. The van der Waals surface area contributed by atoms with E-state index >= 15 is 0 Å². The van der Waals surface area contributed by atoms with E-state index in [0.29, 0.717) is 6.04 Å². The molecule has 0 saturated carbocycles. The molecule has 1 fully saturated rings. The van der Waals surface area contributed by atoms with E-state index in [9.17, 15) is 4.39 Å². The molecule has 0 spiro atoms. The molecule has 2 atom stereocenters. The van der Waals surface area contributed by atoms with E-state index in [2.05, 4.69) is 34.8 Å². The number of likely N-dealkylation sites (N-methyl/N-ethyl adjacent to an activating group) is 1. The first-order chi connectivity index (χ1) is 8.06. The van der Waals surface area contributed by atoms with Gasteiger partial charge in [-0.15, -0.1) is 0 Å². The minimum absolute atomic E-state index is 0.196. The number of hydrogen-bond acceptors (Lipinski definition) is 2. The van der Waals surface area contributed by atoms with Crippen LogP contribution in [0.25, 0.3) is 0 Å². The first-order valence-electron chi connectivity index (χ1n) is 5.83. The monoisotopic (exact) mass is 301 g/mol. The molecule has 2 unspecified atom stereocenters. The fourth-order valence-electron chi connectivity index (χ4n) is 2.41. The van der Waals surface area contributed by atoms with Crippen LogP contribution >= 0.6 is 15.9 Å². The highest BCUT2D eigenvalue weighted by molar-refractivity contribution is 9.10. The maximum atomic E-state index is 13.3. The van der Waals surface area contributed by atoms with Crippen molar-refractivity contribution in [3.63, 3.8) is 0 Å². The molecular weight excluding hydrogens is 285 g/mol. The van der Waals surface area contributed by atoms with Gasteiger partial charge in [0.15, 0.2) is 0 Å². The molecule has 0 aliphatic carbocycles. The van der Waals surface area contributed by atoms with E-state index in [1.807, 2.05) is 6.07 Å². The molecule has 2 rings (SSSR count). The lowest BCUT2D eigenvalue weighted by Crippen LogP contribution is -2.36. The number of hydrogen-bond donors (Lipinski definition) is 0. The van der Waals surface area contributed by atoms with Crippen molar-refractivity contribution >= 4 is 15.9 Å². The van der Waals surface area contributed by atoms with Crippen LogP contribution < -0.4 is 0 Å². The van der Waals surface area contributed by atoms with Gasteiger partial charge in [-0.2, -0.15) is 0 Å². The van der Waals surface area contributed by atoms with Crippen LogP contribution in [-0.2, 0) is 11.3 Å². The van der Waals surface area contributed by atoms with Gasteiger partial charge in [0.2, 0.25) is 0 Å². The topological polar surface area (TPSA) is 12.5 Å². The second kappa shape index (κ2) is 5.46. The largest absolute Gasteiger partial charge is 0.377 e. The second-order valence-corrected chi connectivity index (χ2v) is 5.54. The average Bonchev–Trinajstić information content (AvgIpc) is 2.62. The first-order valence-corrected chi connectivity index (χ1v) is 6.62. The number of nitrogens with zero attached hydrogens (tertiary/aromatic N) is 1. The summed E-state index contributed by atoms with van der Waals surface area (Å²) in [5.41, 5.74) is 0.985. The standard InChI is InChI=1S/C13H17BrFNO/c1-9-13(3-4-17-9)16(2)8-10-5-11(14)7-12(15)6-10/h5-7,9,13H,3-4,8H2,1-2H3. The van der Waals surface area contributed by atoms with Gasteiger partial charge in [0, 0.05) is 23.7 Å². The third-order valence-electron chi connectivity index (χ3n) is 3.26. The van der Waals surface area contributed by atoms with Crippen molar-refractivity contribution in [1.82, 2.24) is 4.90 Å². The Morgan fingerprint density at radius 3 is 2.82 bits per heavy atom. The number of ether oxygens (including phenoxy) is 1. The minimum atomic E-state index is -0.196. The minimum Gasteiger partial charge on any atom is -0.377 e. The van der Waals surface area contributed by atoms with Crippen LogP contribution in [0.1, 0.15) is 18.9 Å². The highest BCUT2D eigenvalue weighted by Gasteiger charge is 2.27. The zero-order chi connectivity index (χ0) is 12.4. The van der Waals surface area contributed by atoms with Crippen molar-refractivity contribution in [1.29, 1.82) is 0 Å². The smallest absolute Gasteiger partial charge is 0.124 e. The zero-order valence-electron chi connectivity index (χ0n) is 10.1. The molecule has 94 valence electrons. The lowest BCUT2D eigenvalue weighted by molar-refractivity contribution is 0.0814. The summed E-state index contributed by atoms with van der Waals surface area (Å²) in [6, 6.07) is 5.45. The van der Waals surface area contributed by atoms with Crippen molar-refractivity contribution < 1.29 is 9.13 Å². The molecule has 0 radical (unpaired) electrons. The molecule has 17 heavy (non-hydrogen) atoms. The lowest BCUT2D eigenvalue weighted by atomic mass is 10.1. The van der Waals surface area contributed by atoms with Crippen LogP contribution in [-0.4, -0.2) is 30.7 Å². The SMILES string of the molecule is CC1OCCC1N(C)Cc1cc(F)cc(Br)c1.